The Kier molecular flexibility index (Phi) is 8.24. The third-order valence-corrected chi connectivity index (χ3v) is 5.74. The molecule has 0 aliphatic carbocycles. The summed E-state index contributed by atoms with van der Waals surface area (Å²) in [5.74, 6) is 0.713. The van der Waals surface area contributed by atoms with Crippen molar-refractivity contribution < 1.29 is 27.0 Å². The molecular weight excluding hydrogens is 399 g/mol. The molecular formula is C20H27FN2O5S. The molecule has 160 valence electrons. The van der Waals surface area contributed by atoms with E-state index >= 15 is 0 Å². The van der Waals surface area contributed by atoms with Crippen LogP contribution in [0, 0.1) is 5.82 Å². The number of hydrogen-bond donors (Lipinski definition) is 2. The van der Waals surface area contributed by atoms with Crippen LogP contribution in [0.4, 0.5) is 4.39 Å². The summed E-state index contributed by atoms with van der Waals surface area (Å²) in [5, 5.41) is 3.30. The highest BCUT2D eigenvalue weighted by Crippen LogP contribution is 2.27. The van der Waals surface area contributed by atoms with Crippen molar-refractivity contribution in [2.24, 2.45) is 0 Å². The number of halogens is 1. The second kappa shape index (κ2) is 10.4. The lowest BCUT2D eigenvalue weighted by Crippen LogP contribution is -2.32. The van der Waals surface area contributed by atoms with E-state index in [9.17, 15) is 12.8 Å². The zero-order chi connectivity index (χ0) is 21.4. The standard InChI is InChI=1S/C20H27FN2O5S/c1-14(23-9-10-28-19-13-16(21)6-8-17(19)26-3)11-15-5-7-18(27-4)20(12-15)29(24,25)22-2/h5-8,12-14,22-23H,9-11H2,1-4H3. The lowest BCUT2D eigenvalue weighted by Gasteiger charge is -2.16. The molecule has 0 aromatic heterocycles. The number of ether oxygens (including phenoxy) is 3. The van der Waals surface area contributed by atoms with Crippen molar-refractivity contribution in [3.8, 4) is 17.2 Å². The molecule has 0 amide bonds. The molecule has 0 bridgehead atoms. The van der Waals surface area contributed by atoms with E-state index in [1.54, 1.807) is 12.1 Å². The first-order chi connectivity index (χ1) is 13.8. The van der Waals surface area contributed by atoms with Gasteiger partial charge in [-0.2, -0.15) is 0 Å². The summed E-state index contributed by atoms with van der Waals surface area (Å²) in [6, 6.07) is 9.25. The number of hydrogen-bond acceptors (Lipinski definition) is 6. The number of rotatable bonds is 11. The van der Waals surface area contributed by atoms with E-state index < -0.39 is 15.8 Å². The minimum absolute atomic E-state index is 0.0616. The molecule has 29 heavy (non-hydrogen) atoms. The van der Waals surface area contributed by atoms with Crippen LogP contribution in [-0.2, 0) is 16.4 Å². The van der Waals surface area contributed by atoms with Crippen molar-refractivity contribution in [1.29, 1.82) is 0 Å². The van der Waals surface area contributed by atoms with Crippen LogP contribution >= 0.6 is 0 Å². The average Bonchev–Trinajstić information content (AvgIpc) is 2.71. The van der Waals surface area contributed by atoms with Gasteiger partial charge in [-0.1, -0.05) is 6.07 Å². The minimum Gasteiger partial charge on any atom is -0.495 e. The molecule has 0 saturated carbocycles. The molecule has 0 heterocycles. The van der Waals surface area contributed by atoms with Crippen LogP contribution < -0.4 is 24.2 Å². The van der Waals surface area contributed by atoms with Crippen molar-refractivity contribution >= 4 is 10.0 Å². The van der Waals surface area contributed by atoms with Crippen molar-refractivity contribution in [1.82, 2.24) is 10.0 Å². The molecule has 1 unspecified atom stereocenters. The summed E-state index contributed by atoms with van der Waals surface area (Å²) < 4.78 is 55.9. The maximum Gasteiger partial charge on any atom is 0.244 e. The van der Waals surface area contributed by atoms with Crippen molar-refractivity contribution in [2.75, 3.05) is 34.4 Å². The van der Waals surface area contributed by atoms with Gasteiger partial charge < -0.3 is 19.5 Å². The van der Waals surface area contributed by atoms with E-state index in [-0.39, 0.29) is 10.9 Å². The first kappa shape index (κ1) is 22.9. The summed E-state index contributed by atoms with van der Waals surface area (Å²) in [5.41, 5.74) is 0.854. The van der Waals surface area contributed by atoms with Gasteiger partial charge in [0.1, 0.15) is 23.1 Å². The fourth-order valence-electron chi connectivity index (χ4n) is 2.82. The Morgan fingerprint density at radius 1 is 1.03 bits per heavy atom. The molecule has 2 N–H and O–H groups in total. The van der Waals surface area contributed by atoms with Gasteiger partial charge >= 0.3 is 0 Å². The molecule has 2 aromatic rings. The molecule has 2 rings (SSSR count). The molecule has 0 saturated heterocycles. The number of nitrogens with one attached hydrogen (secondary N) is 2. The quantitative estimate of drug-likeness (QED) is 0.537. The van der Waals surface area contributed by atoms with E-state index in [4.69, 9.17) is 14.2 Å². The van der Waals surface area contributed by atoms with Crippen LogP contribution in [0.25, 0.3) is 0 Å². The monoisotopic (exact) mass is 426 g/mol. The zero-order valence-corrected chi connectivity index (χ0v) is 17.8. The Hall–Kier alpha value is -2.36. The SMILES string of the molecule is CNS(=O)(=O)c1cc(CC(C)NCCOc2cc(F)ccc2OC)ccc1OC. The number of benzene rings is 2. The van der Waals surface area contributed by atoms with Crippen molar-refractivity contribution in [3.05, 3.63) is 47.8 Å². The average molecular weight is 427 g/mol. The Bertz CT molecular complexity index is 921. The second-order valence-electron chi connectivity index (χ2n) is 6.40. The third kappa shape index (κ3) is 6.31. The smallest absolute Gasteiger partial charge is 0.244 e. The zero-order valence-electron chi connectivity index (χ0n) is 17.0. The topological polar surface area (TPSA) is 85.9 Å². The maximum atomic E-state index is 13.4. The fraction of sp³-hybridized carbons (Fsp3) is 0.400. The van der Waals surface area contributed by atoms with Crippen molar-refractivity contribution in [3.63, 3.8) is 0 Å². The Balaban J connectivity index is 1.92. The third-order valence-electron chi connectivity index (χ3n) is 4.31. The fourth-order valence-corrected chi connectivity index (χ4v) is 3.77. The van der Waals surface area contributed by atoms with Crippen LogP contribution in [-0.4, -0.2) is 48.9 Å². The summed E-state index contributed by atoms with van der Waals surface area (Å²) in [4.78, 5) is 0.105. The minimum atomic E-state index is -3.62. The summed E-state index contributed by atoms with van der Waals surface area (Å²) in [7, 11) is 0.671. The predicted octanol–water partition coefficient (Wildman–Crippen LogP) is 2.35. The van der Waals surface area contributed by atoms with Gasteiger partial charge in [-0.25, -0.2) is 17.5 Å². The van der Waals surface area contributed by atoms with Crippen molar-refractivity contribution in [2.45, 2.75) is 24.3 Å². The molecule has 0 aliphatic rings. The van der Waals surface area contributed by atoms with Gasteiger partial charge in [0.25, 0.3) is 0 Å². The Labute approximate surface area is 171 Å². The first-order valence-electron chi connectivity index (χ1n) is 9.11. The Morgan fingerprint density at radius 2 is 1.72 bits per heavy atom. The maximum absolute atomic E-state index is 13.4. The number of sulfonamides is 1. The van der Waals surface area contributed by atoms with Gasteiger partial charge in [0, 0.05) is 18.7 Å². The van der Waals surface area contributed by atoms with Crippen LogP contribution in [0.15, 0.2) is 41.3 Å². The van der Waals surface area contributed by atoms with Gasteiger partial charge in [0.05, 0.1) is 14.2 Å². The lowest BCUT2D eigenvalue weighted by atomic mass is 10.1. The van der Waals surface area contributed by atoms with Gasteiger partial charge in [0.15, 0.2) is 11.5 Å². The normalized spacial score (nSPS) is 12.4. The molecule has 1 atom stereocenters. The molecule has 0 radical (unpaired) electrons. The molecule has 2 aromatic carbocycles. The summed E-state index contributed by atoms with van der Waals surface area (Å²) in [6.07, 6.45) is 0.611. The second-order valence-corrected chi connectivity index (χ2v) is 8.25. The molecule has 0 fully saturated rings. The van der Waals surface area contributed by atoms with E-state index in [1.165, 1.54) is 39.5 Å². The van der Waals surface area contributed by atoms with Crippen LogP contribution in [0.3, 0.4) is 0 Å². The van der Waals surface area contributed by atoms with Crippen LogP contribution in [0.2, 0.25) is 0 Å². The molecule has 9 heteroatoms. The van der Waals surface area contributed by atoms with E-state index in [2.05, 4.69) is 10.0 Å². The lowest BCUT2D eigenvalue weighted by molar-refractivity contribution is 0.285. The first-order valence-corrected chi connectivity index (χ1v) is 10.6. The van der Waals surface area contributed by atoms with Gasteiger partial charge in [-0.3, -0.25) is 0 Å². The number of methoxy groups -OCH3 is 2. The highest BCUT2D eigenvalue weighted by molar-refractivity contribution is 7.89. The summed E-state index contributed by atoms with van der Waals surface area (Å²) >= 11 is 0. The Morgan fingerprint density at radius 3 is 2.38 bits per heavy atom. The van der Waals surface area contributed by atoms with Gasteiger partial charge in [-0.15, -0.1) is 0 Å². The highest BCUT2D eigenvalue weighted by Gasteiger charge is 2.18. The van der Waals surface area contributed by atoms with Gasteiger partial charge in [0.2, 0.25) is 10.0 Å². The van der Waals surface area contributed by atoms with Crippen LogP contribution in [0.1, 0.15) is 12.5 Å². The molecule has 0 aliphatic heterocycles. The largest absolute Gasteiger partial charge is 0.495 e. The predicted molar refractivity (Wildman–Crippen MR) is 109 cm³/mol. The van der Waals surface area contributed by atoms with E-state index in [0.717, 1.165) is 5.56 Å². The molecule has 7 nitrogen and oxygen atoms in total. The van der Waals surface area contributed by atoms with E-state index in [1.807, 2.05) is 13.0 Å². The van der Waals surface area contributed by atoms with Crippen LogP contribution in [0.5, 0.6) is 17.2 Å². The highest BCUT2D eigenvalue weighted by atomic mass is 32.2. The molecule has 0 spiro atoms. The summed E-state index contributed by atoms with van der Waals surface area (Å²) in [6.45, 7) is 2.84. The van der Waals surface area contributed by atoms with E-state index in [0.29, 0.717) is 36.8 Å². The van der Waals surface area contributed by atoms with Gasteiger partial charge in [-0.05, 0) is 50.2 Å².